The number of nitrogens with zero attached hydrogens (tertiary/aromatic N) is 1. The summed E-state index contributed by atoms with van der Waals surface area (Å²) in [4.78, 5) is 23.5. The summed E-state index contributed by atoms with van der Waals surface area (Å²) in [5, 5.41) is 12.8. The van der Waals surface area contributed by atoms with Gasteiger partial charge in [0.2, 0.25) is 5.91 Å². The van der Waals surface area contributed by atoms with Crippen molar-refractivity contribution in [1.29, 1.82) is 0 Å². The lowest BCUT2D eigenvalue weighted by Gasteiger charge is -2.24. The summed E-state index contributed by atoms with van der Waals surface area (Å²) in [6.45, 7) is 7.57. The first kappa shape index (κ1) is 15.1. The molecule has 5 nitrogen and oxygen atoms in total. The van der Waals surface area contributed by atoms with Crippen LogP contribution in [0.5, 0.6) is 0 Å². The Morgan fingerprint density at radius 1 is 1.24 bits per heavy atom. The molecule has 0 radical (unpaired) electrons. The van der Waals surface area contributed by atoms with Crippen LogP contribution in [0.3, 0.4) is 0 Å². The van der Waals surface area contributed by atoms with Gasteiger partial charge in [-0.05, 0) is 45.9 Å². The van der Waals surface area contributed by atoms with Gasteiger partial charge in [0.15, 0.2) is 0 Å². The van der Waals surface area contributed by atoms with Crippen molar-refractivity contribution in [3.05, 3.63) is 36.0 Å². The van der Waals surface area contributed by atoms with Crippen LogP contribution < -0.4 is 5.32 Å². The SMILES string of the molecule is CC(C(=O)NC(C)(C)C)n1ccc2c(C(=O)O)cccc21. The molecule has 1 heterocycles. The maximum atomic E-state index is 12.3. The molecule has 0 bridgehead atoms. The molecule has 1 unspecified atom stereocenters. The summed E-state index contributed by atoms with van der Waals surface area (Å²) in [5.41, 5.74) is 0.682. The zero-order chi connectivity index (χ0) is 15.8. The number of fused-ring (bicyclic) bond motifs is 1. The molecule has 0 saturated heterocycles. The van der Waals surface area contributed by atoms with E-state index in [1.807, 2.05) is 26.8 Å². The van der Waals surface area contributed by atoms with Gasteiger partial charge < -0.3 is 15.0 Å². The van der Waals surface area contributed by atoms with Gasteiger partial charge in [0.25, 0.3) is 0 Å². The molecule has 112 valence electrons. The summed E-state index contributed by atoms with van der Waals surface area (Å²) in [6, 6.07) is 6.40. The van der Waals surface area contributed by atoms with Crippen molar-refractivity contribution in [1.82, 2.24) is 9.88 Å². The van der Waals surface area contributed by atoms with E-state index >= 15 is 0 Å². The average Bonchev–Trinajstić information content (AvgIpc) is 2.78. The average molecular weight is 288 g/mol. The number of carbonyl (C=O) groups excluding carboxylic acids is 1. The lowest BCUT2D eigenvalue weighted by molar-refractivity contribution is -0.125. The Kier molecular flexibility index (Phi) is 3.77. The maximum Gasteiger partial charge on any atom is 0.336 e. The number of nitrogens with one attached hydrogen (secondary N) is 1. The van der Waals surface area contributed by atoms with Crippen molar-refractivity contribution >= 4 is 22.8 Å². The van der Waals surface area contributed by atoms with Crippen molar-refractivity contribution < 1.29 is 14.7 Å². The normalized spacial score (nSPS) is 13.1. The fraction of sp³-hybridized carbons (Fsp3) is 0.375. The van der Waals surface area contributed by atoms with Crippen LogP contribution in [0, 0.1) is 0 Å². The minimum atomic E-state index is -0.967. The zero-order valence-corrected chi connectivity index (χ0v) is 12.7. The molecule has 21 heavy (non-hydrogen) atoms. The van der Waals surface area contributed by atoms with Gasteiger partial charge in [-0.25, -0.2) is 4.79 Å². The predicted molar refractivity (Wildman–Crippen MR) is 81.5 cm³/mol. The molecule has 0 fully saturated rings. The van der Waals surface area contributed by atoms with E-state index in [2.05, 4.69) is 5.32 Å². The third kappa shape index (κ3) is 3.07. The molecule has 0 spiro atoms. The van der Waals surface area contributed by atoms with Crippen LogP contribution in [-0.2, 0) is 4.79 Å². The van der Waals surface area contributed by atoms with Crippen molar-refractivity contribution in [2.24, 2.45) is 0 Å². The highest BCUT2D eigenvalue weighted by molar-refractivity contribution is 6.03. The van der Waals surface area contributed by atoms with Crippen LogP contribution in [0.15, 0.2) is 30.5 Å². The number of benzene rings is 1. The fourth-order valence-corrected chi connectivity index (χ4v) is 2.31. The molecule has 2 N–H and O–H groups in total. The third-order valence-electron chi connectivity index (χ3n) is 3.29. The van der Waals surface area contributed by atoms with E-state index in [-0.39, 0.29) is 17.0 Å². The molecule has 1 aromatic carbocycles. The molecule has 0 aliphatic rings. The summed E-state index contributed by atoms with van der Waals surface area (Å²) in [7, 11) is 0. The zero-order valence-electron chi connectivity index (χ0n) is 12.7. The molecule has 0 aliphatic carbocycles. The van der Waals surface area contributed by atoms with Crippen molar-refractivity contribution in [3.63, 3.8) is 0 Å². The Balaban J connectivity index is 2.41. The van der Waals surface area contributed by atoms with Gasteiger partial charge in [-0.15, -0.1) is 0 Å². The second-order valence-electron chi connectivity index (χ2n) is 6.18. The fourth-order valence-electron chi connectivity index (χ4n) is 2.31. The summed E-state index contributed by atoms with van der Waals surface area (Å²) in [5.74, 6) is -1.06. The first-order chi connectivity index (χ1) is 9.70. The number of rotatable bonds is 3. The second-order valence-corrected chi connectivity index (χ2v) is 6.18. The molecule has 0 saturated carbocycles. The van der Waals surface area contributed by atoms with E-state index in [0.717, 1.165) is 5.52 Å². The molecule has 1 atom stereocenters. The van der Waals surface area contributed by atoms with Gasteiger partial charge in [0, 0.05) is 22.6 Å². The standard InChI is InChI=1S/C16H20N2O3/c1-10(14(19)17-16(2,3)4)18-9-8-11-12(15(20)21)6-5-7-13(11)18/h5-10H,1-4H3,(H,17,19)(H,20,21). The highest BCUT2D eigenvalue weighted by Gasteiger charge is 2.22. The predicted octanol–water partition coefficient (Wildman–Crippen LogP) is 2.82. The number of carbonyl (C=O) groups is 2. The number of hydrogen-bond acceptors (Lipinski definition) is 2. The lowest BCUT2D eigenvalue weighted by Crippen LogP contribution is -2.43. The number of aromatic carboxylic acids is 1. The van der Waals surface area contributed by atoms with Crippen LogP contribution in [-0.4, -0.2) is 27.1 Å². The van der Waals surface area contributed by atoms with E-state index in [0.29, 0.717) is 5.39 Å². The van der Waals surface area contributed by atoms with Gasteiger partial charge in [0.05, 0.1) is 5.56 Å². The van der Waals surface area contributed by atoms with E-state index < -0.39 is 12.0 Å². The Hall–Kier alpha value is -2.30. The first-order valence-corrected chi connectivity index (χ1v) is 6.85. The Morgan fingerprint density at radius 3 is 2.48 bits per heavy atom. The summed E-state index contributed by atoms with van der Waals surface area (Å²) < 4.78 is 1.79. The monoisotopic (exact) mass is 288 g/mol. The smallest absolute Gasteiger partial charge is 0.336 e. The van der Waals surface area contributed by atoms with Crippen LogP contribution in [0.2, 0.25) is 0 Å². The van der Waals surface area contributed by atoms with Crippen molar-refractivity contribution in [2.45, 2.75) is 39.3 Å². The molecule has 0 aliphatic heterocycles. The Bertz CT molecular complexity index is 695. The number of hydrogen-bond donors (Lipinski definition) is 2. The summed E-state index contributed by atoms with van der Waals surface area (Å²) in [6.07, 6.45) is 1.75. The minimum Gasteiger partial charge on any atom is -0.478 e. The number of amides is 1. The van der Waals surface area contributed by atoms with Crippen LogP contribution in [0.25, 0.3) is 10.9 Å². The van der Waals surface area contributed by atoms with Gasteiger partial charge in [-0.2, -0.15) is 0 Å². The highest BCUT2D eigenvalue weighted by Crippen LogP contribution is 2.24. The third-order valence-corrected chi connectivity index (χ3v) is 3.29. The topological polar surface area (TPSA) is 71.3 Å². The van der Waals surface area contributed by atoms with Gasteiger partial charge in [-0.1, -0.05) is 6.07 Å². The molecule has 1 amide bonds. The van der Waals surface area contributed by atoms with Gasteiger partial charge >= 0.3 is 5.97 Å². The van der Waals surface area contributed by atoms with Crippen molar-refractivity contribution in [3.8, 4) is 0 Å². The van der Waals surface area contributed by atoms with E-state index in [1.54, 1.807) is 35.9 Å². The molecule has 2 aromatic rings. The molecule has 1 aromatic heterocycles. The lowest BCUT2D eigenvalue weighted by atomic mass is 10.1. The molecule has 2 rings (SSSR count). The number of carboxylic acid groups (broad SMARTS) is 1. The number of aromatic nitrogens is 1. The Labute approximate surface area is 123 Å². The van der Waals surface area contributed by atoms with E-state index in [1.165, 1.54) is 0 Å². The van der Waals surface area contributed by atoms with E-state index in [4.69, 9.17) is 0 Å². The van der Waals surface area contributed by atoms with Crippen LogP contribution >= 0.6 is 0 Å². The quantitative estimate of drug-likeness (QED) is 0.912. The van der Waals surface area contributed by atoms with E-state index in [9.17, 15) is 14.7 Å². The first-order valence-electron chi connectivity index (χ1n) is 6.85. The molecular weight excluding hydrogens is 268 g/mol. The largest absolute Gasteiger partial charge is 0.478 e. The van der Waals surface area contributed by atoms with Crippen LogP contribution in [0.1, 0.15) is 44.1 Å². The highest BCUT2D eigenvalue weighted by atomic mass is 16.4. The van der Waals surface area contributed by atoms with Crippen LogP contribution in [0.4, 0.5) is 0 Å². The molecule has 5 heteroatoms. The van der Waals surface area contributed by atoms with Gasteiger partial charge in [0.1, 0.15) is 6.04 Å². The maximum absolute atomic E-state index is 12.3. The number of carboxylic acids is 1. The van der Waals surface area contributed by atoms with Crippen molar-refractivity contribution in [2.75, 3.05) is 0 Å². The summed E-state index contributed by atoms with van der Waals surface area (Å²) >= 11 is 0. The minimum absolute atomic E-state index is 0.0965. The Morgan fingerprint density at radius 2 is 1.90 bits per heavy atom. The van der Waals surface area contributed by atoms with Gasteiger partial charge in [-0.3, -0.25) is 4.79 Å². The molecular formula is C16H20N2O3. The second kappa shape index (κ2) is 5.24.